The van der Waals surface area contributed by atoms with Crippen LogP contribution in [-0.4, -0.2) is 30.0 Å². The fraction of sp³-hybridized carbons (Fsp3) is 0.300. The standard InChI is InChI=1S/C10H14N2O3S/c1-15-6-2-3-7(11)9(4-6)16-5-8(12)10(13)14/h2-4,8H,5,11-12H2,1H3,(H,13,14). The van der Waals surface area contributed by atoms with Crippen molar-refractivity contribution in [3.05, 3.63) is 18.2 Å². The highest BCUT2D eigenvalue weighted by molar-refractivity contribution is 7.99. The first-order valence-corrected chi connectivity index (χ1v) is 5.58. The highest BCUT2D eigenvalue weighted by Crippen LogP contribution is 2.29. The summed E-state index contributed by atoms with van der Waals surface area (Å²) in [5.74, 6) is -0.0678. The van der Waals surface area contributed by atoms with Crippen LogP contribution in [0.4, 0.5) is 5.69 Å². The van der Waals surface area contributed by atoms with Gasteiger partial charge in [-0.1, -0.05) is 0 Å². The molecule has 1 unspecified atom stereocenters. The molecule has 0 aromatic heterocycles. The molecule has 0 aliphatic heterocycles. The normalized spacial score (nSPS) is 12.1. The molecule has 0 amide bonds. The first-order valence-electron chi connectivity index (χ1n) is 4.59. The predicted molar refractivity (Wildman–Crippen MR) is 63.7 cm³/mol. The predicted octanol–water partition coefficient (Wildman–Crippen LogP) is 0.781. The molecule has 88 valence electrons. The molecule has 1 atom stereocenters. The molecule has 5 nitrogen and oxygen atoms in total. The highest BCUT2D eigenvalue weighted by atomic mass is 32.2. The van der Waals surface area contributed by atoms with E-state index in [2.05, 4.69) is 0 Å². The number of thioether (sulfide) groups is 1. The Kier molecular flexibility index (Phi) is 4.45. The fourth-order valence-electron chi connectivity index (χ4n) is 1.02. The van der Waals surface area contributed by atoms with Gasteiger partial charge in [0.1, 0.15) is 11.8 Å². The van der Waals surface area contributed by atoms with Gasteiger partial charge in [0.05, 0.1) is 7.11 Å². The van der Waals surface area contributed by atoms with Gasteiger partial charge in [-0.15, -0.1) is 11.8 Å². The number of benzene rings is 1. The molecule has 6 heteroatoms. The monoisotopic (exact) mass is 242 g/mol. The van der Waals surface area contributed by atoms with Crippen molar-refractivity contribution in [1.29, 1.82) is 0 Å². The summed E-state index contributed by atoms with van der Waals surface area (Å²) in [5, 5.41) is 8.64. The van der Waals surface area contributed by atoms with E-state index in [1.54, 1.807) is 25.3 Å². The molecule has 1 aromatic rings. The molecule has 16 heavy (non-hydrogen) atoms. The van der Waals surface area contributed by atoms with Crippen LogP contribution < -0.4 is 16.2 Å². The zero-order chi connectivity index (χ0) is 12.1. The topological polar surface area (TPSA) is 98.6 Å². The number of carboxylic acids is 1. The molecule has 5 N–H and O–H groups in total. The molecule has 1 rings (SSSR count). The summed E-state index contributed by atoms with van der Waals surface area (Å²) in [6.07, 6.45) is 0. The van der Waals surface area contributed by atoms with Crippen molar-refractivity contribution >= 4 is 23.4 Å². The third-order valence-corrected chi connectivity index (χ3v) is 3.15. The quantitative estimate of drug-likeness (QED) is 0.521. The van der Waals surface area contributed by atoms with E-state index in [-0.39, 0.29) is 5.75 Å². The van der Waals surface area contributed by atoms with Crippen molar-refractivity contribution in [3.8, 4) is 5.75 Å². The zero-order valence-corrected chi connectivity index (χ0v) is 9.66. The number of methoxy groups -OCH3 is 1. The number of carbonyl (C=O) groups is 1. The number of hydrogen-bond donors (Lipinski definition) is 3. The van der Waals surface area contributed by atoms with E-state index in [1.807, 2.05) is 0 Å². The van der Waals surface area contributed by atoms with E-state index < -0.39 is 12.0 Å². The lowest BCUT2D eigenvalue weighted by Gasteiger charge is -2.09. The number of nitrogens with two attached hydrogens (primary N) is 2. The van der Waals surface area contributed by atoms with Crippen LogP contribution in [0.1, 0.15) is 0 Å². The second-order valence-corrected chi connectivity index (χ2v) is 4.22. The number of rotatable bonds is 5. The van der Waals surface area contributed by atoms with Gasteiger partial charge in [0.15, 0.2) is 0 Å². The average molecular weight is 242 g/mol. The molecule has 0 radical (unpaired) electrons. The molecule has 0 aliphatic carbocycles. The van der Waals surface area contributed by atoms with Crippen LogP contribution in [0.3, 0.4) is 0 Å². The van der Waals surface area contributed by atoms with E-state index in [9.17, 15) is 4.79 Å². The molecule has 0 saturated carbocycles. The Bertz CT molecular complexity index is 384. The van der Waals surface area contributed by atoms with Gasteiger partial charge < -0.3 is 21.3 Å². The number of hydrogen-bond acceptors (Lipinski definition) is 5. The molecule has 0 heterocycles. The Morgan fingerprint density at radius 1 is 1.62 bits per heavy atom. The number of anilines is 1. The minimum Gasteiger partial charge on any atom is -0.497 e. The van der Waals surface area contributed by atoms with E-state index in [0.29, 0.717) is 11.4 Å². The first kappa shape index (κ1) is 12.7. The van der Waals surface area contributed by atoms with Crippen LogP contribution in [-0.2, 0) is 4.79 Å². The van der Waals surface area contributed by atoms with Gasteiger partial charge in [-0.25, -0.2) is 0 Å². The van der Waals surface area contributed by atoms with E-state index in [4.69, 9.17) is 21.3 Å². The van der Waals surface area contributed by atoms with Gasteiger partial charge in [0.25, 0.3) is 0 Å². The lowest BCUT2D eigenvalue weighted by Crippen LogP contribution is -2.32. The summed E-state index contributed by atoms with van der Waals surface area (Å²) in [6.45, 7) is 0. The van der Waals surface area contributed by atoms with Gasteiger partial charge in [-0.2, -0.15) is 0 Å². The Hall–Kier alpha value is -1.40. The van der Waals surface area contributed by atoms with Crippen LogP contribution in [0.2, 0.25) is 0 Å². The number of nitrogen functional groups attached to an aromatic ring is 1. The van der Waals surface area contributed by atoms with Gasteiger partial charge in [-0.05, 0) is 18.2 Å². The summed E-state index contributed by atoms with van der Waals surface area (Å²) in [6, 6.07) is 4.33. The van der Waals surface area contributed by atoms with Crippen molar-refractivity contribution in [2.45, 2.75) is 10.9 Å². The van der Waals surface area contributed by atoms with Crippen molar-refractivity contribution in [1.82, 2.24) is 0 Å². The molecule has 0 fully saturated rings. The van der Waals surface area contributed by atoms with E-state index >= 15 is 0 Å². The highest BCUT2D eigenvalue weighted by Gasteiger charge is 2.12. The summed E-state index contributed by atoms with van der Waals surface area (Å²) < 4.78 is 5.05. The third-order valence-electron chi connectivity index (χ3n) is 1.96. The number of carboxylic acid groups (broad SMARTS) is 1. The van der Waals surface area contributed by atoms with E-state index in [0.717, 1.165) is 4.90 Å². The van der Waals surface area contributed by atoms with Crippen molar-refractivity contribution in [3.63, 3.8) is 0 Å². The largest absolute Gasteiger partial charge is 0.497 e. The van der Waals surface area contributed by atoms with Gasteiger partial charge in [0, 0.05) is 16.3 Å². The number of ether oxygens (including phenoxy) is 1. The second-order valence-electron chi connectivity index (χ2n) is 3.16. The Morgan fingerprint density at radius 2 is 2.31 bits per heavy atom. The lowest BCUT2D eigenvalue weighted by atomic mass is 10.3. The van der Waals surface area contributed by atoms with Crippen molar-refractivity contribution < 1.29 is 14.6 Å². The van der Waals surface area contributed by atoms with Crippen LogP contribution in [0.15, 0.2) is 23.1 Å². The van der Waals surface area contributed by atoms with Gasteiger partial charge >= 0.3 is 5.97 Å². The van der Waals surface area contributed by atoms with Crippen LogP contribution in [0.5, 0.6) is 5.75 Å². The van der Waals surface area contributed by atoms with Crippen molar-refractivity contribution in [2.75, 3.05) is 18.6 Å². The van der Waals surface area contributed by atoms with Crippen LogP contribution in [0, 0.1) is 0 Å². The molecule has 0 aliphatic rings. The van der Waals surface area contributed by atoms with Gasteiger partial charge in [0.2, 0.25) is 0 Å². The average Bonchev–Trinajstić information content (AvgIpc) is 2.27. The maximum Gasteiger partial charge on any atom is 0.321 e. The van der Waals surface area contributed by atoms with Crippen molar-refractivity contribution in [2.24, 2.45) is 5.73 Å². The molecule has 0 spiro atoms. The van der Waals surface area contributed by atoms with Gasteiger partial charge in [-0.3, -0.25) is 4.79 Å². The molecule has 0 saturated heterocycles. The molecular weight excluding hydrogens is 228 g/mol. The van der Waals surface area contributed by atoms with Crippen LogP contribution >= 0.6 is 11.8 Å². The molecule has 1 aromatic carbocycles. The smallest absolute Gasteiger partial charge is 0.321 e. The summed E-state index contributed by atoms with van der Waals surface area (Å²) in [7, 11) is 1.56. The Morgan fingerprint density at radius 3 is 2.88 bits per heavy atom. The number of aliphatic carboxylic acids is 1. The second kappa shape index (κ2) is 5.62. The minimum absolute atomic E-state index is 0.271. The minimum atomic E-state index is -1.02. The summed E-state index contributed by atoms with van der Waals surface area (Å²) in [5.41, 5.74) is 11.7. The fourth-order valence-corrected chi connectivity index (χ4v) is 1.95. The molecular formula is C10H14N2O3S. The Labute approximate surface area is 97.8 Å². The maximum absolute atomic E-state index is 10.5. The summed E-state index contributed by atoms with van der Waals surface area (Å²) in [4.78, 5) is 11.3. The summed E-state index contributed by atoms with van der Waals surface area (Å²) >= 11 is 1.30. The van der Waals surface area contributed by atoms with E-state index in [1.165, 1.54) is 11.8 Å². The SMILES string of the molecule is COc1ccc(N)c(SCC(N)C(=O)O)c1. The third kappa shape index (κ3) is 3.32. The maximum atomic E-state index is 10.5. The van der Waals surface area contributed by atoms with Crippen LogP contribution in [0.25, 0.3) is 0 Å². The lowest BCUT2D eigenvalue weighted by molar-refractivity contribution is -0.137. The first-order chi connectivity index (χ1) is 7.54. The molecule has 0 bridgehead atoms. The Balaban J connectivity index is 2.69. The zero-order valence-electron chi connectivity index (χ0n) is 8.84.